The van der Waals surface area contributed by atoms with Crippen molar-refractivity contribution < 1.29 is 13.2 Å². The molecule has 0 radical (unpaired) electrons. The van der Waals surface area contributed by atoms with Crippen LogP contribution >= 0.6 is 0 Å². The molecule has 2 saturated heterocycles. The van der Waals surface area contributed by atoms with Crippen molar-refractivity contribution in [2.45, 2.75) is 31.3 Å². The summed E-state index contributed by atoms with van der Waals surface area (Å²) in [6.45, 7) is 0.529. The van der Waals surface area contributed by atoms with E-state index in [-0.39, 0.29) is 29.5 Å². The van der Waals surface area contributed by atoms with E-state index < -0.39 is 9.84 Å². The van der Waals surface area contributed by atoms with E-state index in [9.17, 15) is 13.2 Å². The smallest absolute Gasteiger partial charge is 0.241 e. The molecular weight excluding hydrogens is 288 g/mol. The number of hydrogen-bond donors (Lipinski definition) is 1. The Balaban J connectivity index is 1.62. The highest BCUT2D eigenvalue weighted by Crippen LogP contribution is 2.21. The van der Waals surface area contributed by atoms with Gasteiger partial charge in [0.1, 0.15) is 9.84 Å². The van der Waals surface area contributed by atoms with Gasteiger partial charge < -0.3 is 4.90 Å². The summed E-state index contributed by atoms with van der Waals surface area (Å²) in [7, 11) is -2.88. The van der Waals surface area contributed by atoms with Crippen LogP contribution < -0.4 is 5.32 Å². The fraction of sp³-hybridized carbons (Fsp3) is 0.533. The number of rotatable bonds is 3. The van der Waals surface area contributed by atoms with Crippen molar-refractivity contribution in [1.29, 1.82) is 0 Å². The Morgan fingerprint density at radius 1 is 1.14 bits per heavy atom. The molecule has 1 unspecified atom stereocenters. The summed E-state index contributed by atoms with van der Waals surface area (Å²) >= 11 is 0. The number of carbonyl (C=O) groups excluding carboxylic acids is 1. The van der Waals surface area contributed by atoms with Gasteiger partial charge in [-0.25, -0.2) is 8.42 Å². The van der Waals surface area contributed by atoms with Crippen molar-refractivity contribution in [1.82, 2.24) is 10.2 Å². The van der Waals surface area contributed by atoms with Crippen LogP contribution in [0.4, 0.5) is 0 Å². The second kappa shape index (κ2) is 5.77. The van der Waals surface area contributed by atoms with E-state index in [1.165, 1.54) is 0 Å². The second-order valence-electron chi connectivity index (χ2n) is 5.80. The molecular formula is C15H20N2O3S. The highest BCUT2D eigenvalue weighted by molar-refractivity contribution is 7.91. The predicted octanol–water partition coefficient (Wildman–Crippen LogP) is 0.564. The van der Waals surface area contributed by atoms with Gasteiger partial charge >= 0.3 is 0 Å². The van der Waals surface area contributed by atoms with Gasteiger partial charge in [-0.3, -0.25) is 10.1 Å². The molecule has 1 N–H and O–H groups in total. The van der Waals surface area contributed by atoms with Crippen LogP contribution in [-0.4, -0.2) is 49.5 Å². The van der Waals surface area contributed by atoms with Crippen molar-refractivity contribution >= 4 is 15.7 Å². The number of benzene rings is 1. The summed E-state index contributed by atoms with van der Waals surface area (Å²) in [6.07, 6.45) is 1.81. The van der Waals surface area contributed by atoms with Gasteiger partial charge in [0.25, 0.3) is 0 Å². The van der Waals surface area contributed by atoms with Crippen molar-refractivity contribution in [3.8, 4) is 0 Å². The van der Waals surface area contributed by atoms with E-state index in [0.29, 0.717) is 25.9 Å². The molecule has 1 atom stereocenters. The summed E-state index contributed by atoms with van der Waals surface area (Å²) in [5, 5.41) is 3.25. The standard InChI is InChI=1S/C15H20N2O3S/c18-15-14(10-12-4-2-1-3-5-12)16-11-17(15)13-6-8-21(19,20)9-7-13/h1-5,13-14,16H,6-11H2. The number of carbonyl (C=O) groups is 1. The summed E-state index contributed by atoms with van der Waals surface area (Å²) in [5.74, 6) is 0.499. The maximum absolute atomic E-state index is 12.5. The van der Waals surface area contributed by atoms with E-state index in [2.05, 4.69) is 5.32 Å². The van der Waals surface area contributed by atoms with Crippen molar-refractivity contribution in [3.63, 3.8) is 0 Å². The molecule has 2 fully saturated rings. The Kier molecular flexibility index (Phi) is 3.99. The molecule has 2 aliphatic heterocycles. The molecule has 0 spiro atoms. The molecule has 1 aromatic rings. The van der Waals surface area contributed by atoms with Crippen LogP contribution in [0.15, 0.2) is 30.3 Å². The van der Waals surface area contributed by atoms with Crippen LogP contribution in [0.25, 0.3) is 0 Å². The lowest BCUT2D eigenvalue weighted by Crippen LogP contribution is -2.43. The second-order valence-corrected chi connectivity index (χ2v) is 8.10. The fourth-order valence-corrected chi connectivity index (χ4v) is 4.55. The molecule has 5 nitrogen and oxygen atoms in total. The summed E-state index contributed by atoms with van der Waals surface area (Å²) in [4.78, 5) is 14.3. The molecule has 0 aromatic heterocycles. The van der Waals surface area contributed by atoms with Gasteiger partial charge in [0, 0.05) is 6.04 Å². The molecule has 21 heavy (non-hydrogen) atoms. The van der Waals surface area contributed by atoms with E-state index in [1.54, 1.807) is 0 Å². The lowest BCUT2D eigenvalue weighted by atomic mass is 10.0. The van der Waals surface area contributed by atoms with E-state index in [1.807, 2.05) is 35.2 Å². The van der Waals surface area contributed by atoms with Gasteiger partial charge in [0.05, 0.1) is 24.2 Å². The molecule has 0 aliphatic carbocycles. The normalized spacial score (nSPS) is 26.2. The molecule has 0 bridgehead atoms. The lowest BCUT2D eigenvalue weighted by Gasteiger charge is -2.30. The average Bonchev–Trinajstić information content (AvgIpc) is 2.82. The van der Waals surface area contributed by atoms with Crippen LogP contribution in [0.3, 0.4) is 0 Å². The minimum Gasteiger partial charge on any atom is -0.325 e. The minimum atomic E-state index is -2.88. The largest absolute Gasteiger partial charge is 0.325 e. The zero-order chi connectivity index (χ0) is 14.9. The Hall–Kier alpha value is -1.40. The molecule has 0 saturated carbocycles. The number of nitrogens with zero attached hydrogens (tertiary/aromatic N) is 1. The maximum atomic E-state index is 12.5. The number of nitrogens with one attached hydrogen (secondary N) is 1. The minimum absolute atomic E-state index is 0.0642. The van der Waals surface area contributed by atoms with Gasteiger partial charge in [0.15, 0.2) is 0 Å². The van der Waals surface area contributed by atoms with E-state index in [4.69, 9.17) is 0 Å². The van der Waals surface area contributed by atoms with Crippen LogP contribution in [0.5, 0.6) is 0 Å². The van der Waals surface area contributed by atoms with Gasteiger partial charge in [-0.05, 0) is 24.8 Å². The molecule has 6 heteroatoms. The maximum Gasteiger partial charge on any atom is 0.241 e. The first kappa shape index (κ1) is 14.5. The predicted molar refractivity (Wildman–Crippen MR) is 80.5 cm³/mol. The SMILES string of the molecule is O=C1C(Cc2ccccc2)NCN1C1CCS(=O)(=O)CC1. The van der Waals surface area contributed by atoms with Crippen molar-refractivity contribution in [2.75, 3.05) is 18.2 Å². The lowest BCUT2D eigenvalue weighted by molar-refractivity contribution is -0.131. The van der Waals surface area contributed by atoms with Gasteiger partial charge in [-0.15, -0.1) is 0 Å². The zero-order valence-electron chi connectivity index (χ0n) is 11.9. The number of amides is 1. The first-order valence-corrected chi connectivity index (χ1v) is 9.15. The van der Waals surface area contributed by atoms with Crippen molar-refractivity contribution in [3.05, 3.63) is 35.9 Å². The zero-order valence-corrected chi connectivity index (χ0v) is 12.7. The Bertz CT molecular complexity index is 601. The number of sulfone groups is 1. The van der Waals surface area contributed by atoms with E-state index in [0.717, 1.165) is 5.56 Å². The first-order valence-electron chi connectivity index (χ1n) is 7.33. The monoisotopic (exact) mass is 308 g/mol. The third-order valence-electron chi connectivity index (χ3n) is 4.34. The topological polar surface area (TPSA) is 66.5 Å². The van der Waals surface area contributed by atoms with Crippen LogP contribution in [0.2, 0.25) is 0 Å². The molecule has 2 aliphatic rings. The van der Waals surface area contributed by atoms with Crippen LogP contribution in [0, 0.1) is 0 Å². The molecule has 114 valence electrons. The van der Waals surface area contributed by atoms with Crippen LogP contribution in [0.1, 0.15) is 18.4 Å². The molecule has 2 heterocycles. The first-order chi connectivity index (χ1) is 10.1. The molecule has 1 amide bonds. The van der Waals surface area contributed by atoms with E-state index >= 15 is 0 Å². The van der Waals surface area contributed by atoms with Crippen LogP contribution in [-0.2, 0) is 21.1 Å². The van der Waals surface area contributed by atoms with Gasteiger partial charge in [0.2, 0.25) is 5.91 Å². The summed E-state index contributed by atoms with van der Waals surface area (Å²) < 4.78 is 23.0. The average molecular weight is 308 g/mol. The van der Waals surface area contributed by atoms with Gasteiger partial charge in [-0.2, -0.15) is 0 Å². The highest BCUT2D eigenvalue weighted by Gasteiger charge is 2.37. The Labute approximate surface area is 125 Å². The fourth-order valence-electron chi connectivity index (χ4n) is 3.08. The quantitative estimate of drug-likeness (QED) is 0.886. The Morgan fingerprint density at radius 3 is 2.48 bits per heavy atom. The summed E-state index contributed by atoms with van der Waals surface area (Å²) in [5.41, 5.74) is 1.14. The van der Waals surface area contributed by atoms with Gasteiger partial charge in [-0.1, -0.05) is 30.3 Å². The third kappa shape index (κ3) is 3.27. The molecule has 3 rings (SSSR count). The Morgan fingerprint density at radius 2 is 1.81 bits per heavy atom. The molecule has 1 aromatic carbocycles. The van der Waals surface area contributed by atoms with Crippen molar-refractivity contribution in [2.24, 2.45) is 0 Å². The number of hydrogen-bond acceptors (Lipinski definition) is 4. The third-order valence-corrected chi connectivity index (χ3v) is 6.05. The highest BCUT2D eigenvalue weighted by atomic mass is 32.2. The summed E-state index contributed by atoms with van der Waals surface area (Å²) in [6, 6.07) is 9.81.